The van der Waals surface area contributed by atoms with Gasteiger partial charge in [0.1, 0.15) is 11.6 Å². The quantitative estimate of drug-likeness (QED) is 0.708. The zero-order chi connectivity index (χ0) is 18.9. The average molecular weight is 348 g/mol. The second-order valence-corrected chi connectivity index (χ2v) is 6.87. The zero-order valence-electron chi connectivity index (χ0n) is 15.4. The maximum absolute atomic E-state index is 12.4. The highest BCUT2D eigenvalue weighted by atomic mass is 16.6. The van der Waals surface area contributed by atoms with Gasteiger partial charge in [0, 0.05) is 6.54 Å². The van der Waals surface area contributed by atoms with E-state index in [0.29, 0.717) is 6.42 Å². The molecule has 0 aliphatic carbocycles. The largest absolute Gasteiger partial charge is 0.444 e. The van der Waals surface area contributed by atoms with Crippen LogP contribution in [-0.2, 0) is 20.9 Å². The van der Waals surface area contributed by atoms with Crippen LogP contribution in [0.25, 0.3) is 0 Å². The molecule has 2 N–H and O–H groups in total. The molecule has 0 heterocycles. The van der Waals surface area contributed by atoms with E-state index in [1.165, 1.54) is 0 Å². The van der Waals surface area contributed by atoms with E-state index in [1.807, 2.05) is 37.3 Å². The Kier molecular flexibility index (Phi) is 8.11. The van der Waals surface area contributed by atoms with Crippen LogP contribution in [0.15, 0.2) is 30.3 Å². The molecular weight excluding hydrogens is 320 g/mol. The third kappa shape index (κ3) is 8.33. The van der Waals surface area contributed by atoms with E-state index in [2.05, 4.69) is 10.6 Å². The van der Waals surface area contributed by atoms with Gasteiger partial charge in [-0.05, 0) is 32.8 Å². The maximum atomic E-state index is 12.4. The van der Waals surface area contributed by atoms with Gasteiger partial charge in [-0.1, -0.05) is 50.1 Å². The molecular formula is C19H28N2O4. The van der Waals surface area contributed by atoms with Gasteiger partial charge in [0.15, 0.2) is 0 Å². The lowest BCUT2D eigenvalue weighted by Crippen LogP contribution is -2.48. The highest BCUT2D eigenvalue weighted by molar-refractivity contribution is 6.38. The minimum Gasteiger partial charge on any atom is -0.444 e. The van der Waals surface area contributed by atoms with Crippen LogP contribution in [0.4, 0.5) is 4.79 Å². The van der Waals surface area contributed by atoms with Crippen LogP contribution in [0, 0.1) is 0 Å². The third-order valence-electron chi connectivity index (χ3n) is 3.37. The van der Waals surface area contributed by atoms with Crippen molar-refractivity contribution in [3.05, 3.63) is 35.9 Å². The Morgan fingerprint density at radius 3 is 2.32 bits per heavy atom. The summed E-state index contributed by atoms with van der Waals surface area (Å²) in [7, 11) is 0. The number of hydrogen-bond donors (Lipinski definition) is 2. The van der Waals surface area contributed by atoms with E-state index in [0.717, 1.165) is 18.4 Å². The number of alkyl carbamates (subject to hydrolysis) is 1. The predicted molar refractivity (Wildman–Crippen MR) is 96.0 cm³/mol. The Hall–Kier alpha value is -2.37. The van der Waals surface area contributed by atoms with E-state index < -0.39 is 29.4 Å². The molecule has 0 fully saturated rings. The summed E-state index contributed by atoms with van der Waals surface area (Å²) in [5.74, 6) is -1.36. The van der Waals surface area contributed by atoms with Crippen molar-refractivity contribution in [3.63, 3.8) is 0 Å². The molecule has 0 saturated carbocycles. The molecule has 138 valence electrons. The van der Waals surface area contributed by atoms with E-state index in [9.17, 15) is 14.4 Å². The van der Waals surface area contributed by atoms with Crippen LogP contribution < -0.4 is 10.6 Å². The van der Waals surface area contributed by atoms with Gasteiger partial charge in [0.2, 0.25) is 5.78 Å². The van der Waals surface area contributed by atoms with Crippen molar-refractivity contribution in [1.82, 2.24) is 10.6 Å². The summed E-state index contributed by atoms with van der Waals surface area (Å²) < 4.78 is 5.17. The van der Waals surface area contributed by atoms with Crippen molar-refractivity contribution in [2.45, 2.75) is 65.1 Å². The van der Waals surface area contributed by atoms with Crippen LogP contribution in [0.2, 0.25) is 0 Å². The third-order valence-corrected chi connectivity index (χ3v) is 3.37. The number of hydrogen-bond acceptors (Lipinski definition) is 4. The lowest BCUT2D eigenvalue weighted by Gasteiger charge is -2.22. The Morgan fingerprint density at radius 1 is 1.12 bits per heavy atom. The molecule has 0 radical (unpaired) electrons. The van der Waals surface area contributed by atoms with Gasteiger partial charge in [-0.15, -0.1) is 0 Å². The van der Waals surface area contributed by atoms with Crippen molar-refractivity contribution in [2.75, 3.05) is 0 Å². The minimum absolute atomic E-state index is 0.262. The number of carbonyl (C=O) groups is 3. The zero-order valence-corrected chi connectivity index (χ0v) is 15.4. The van der Waals surface area contributed by atoms with Crippen molar-refractivity contribution in [3.8, 4) is 0 Å². The summed E-state index contributed by atoms with van der Waals surface area (Å²) >= 11 is 0. The summed E-state index contributed by atoms with van der Waals surface area (Å²) in [5, 5.41) is 5.11. The van der Waals surface area contributed by atoms with E-state index in [1.54, 1.807) is 20.8 Å². The van der Waals surface area contributed by atoms with E-state index in [4.69, 9.17) is 4.74 Å². The van der Waals surface area contributed by atoms with Gasteiger partial charge in [-0.3, -0.25) is 9.59 Å². The number of unbranched alkanes of at least 4 members (excludes halogenated alkanes) is 1. The first-order chi connectivity index (χ1) is 11.7. The number of carbonyl (C=O) groups excluding carboxylic acids is 3. The molecule has 6 nitrogen and oxygen atoms in total. The molecule has 2 amide bonds. The molecule has 1 rings (SSSR count). The Labute approximate surface area is 149 Å². The summed E-state index contributed by atoms with van der Waals surface area (Å²) in [6, 6.07) is 8.43. The smallest absolute Gasteiger partial charge is 0.408 e. The monoisotopic (exact) mass is 348 g/mol. The molecule has 6 heteroatoms. The standard InChI is InChI=1S/C19H28N2O4/c1-5-6-12-15(21-18(24)25-19(2,3)4)16(22)17(23)20-13-14-10-8-7-9-11-14/h7-11,15H,5-6,12-13H2,1-4H3,(H,20,23)(H,21,24)/t15-/m0/s1. The number of nitrogens with one attached hydrogen (secondary N) is 2. The lowest BCUT2D eigenvalue weighted by molar-refractivity contribution is -0.139. The number of Topliss-reactive ketones (excluding diaryl/α,β-unsaturated/α-hetero) is 1. The molecule has 1 aromatic rings. The van der Waals surface area contributed by atoms with Gasteiger partial charge in [-0.25, -0.2) is 4.79 Å². The summed E-state index contributed by atoms with van der Waals surface area (Å²) in [4.78, 5) is 36.4. The topological polar surface area (TPSA) is 84.5 Å². The van der Waals surface area contributed by atoms with Crippen LogP contribution in [0.1, 0.15) is 52.5 Å². The Morgan fingerprint density at radius 2 is 1.76 bits per heavy atom. The van der Waals surface area contributed by atoms with Crippen molar-refractivity contribution in [1.29, 1.82) is 0 Å². The molecule has 1 atom stereocenters. The molecule has 0 aliphatic rings. The van der Waals surface area contributed by atoms with Crippen molar-refractivity contribution >= 4 is 17.8 Å². The first-order valence-corrected chi connectivity index (χ1v) is 8.58. The predicted octanol–water partition coefficient (Wildman–Crippen LogP) is 2.96. The fraction of sp³-hybridized carbons (Fsp3) is 0.526. The van der Waals surface area contributed by atoms with E-state index in [-0.39, 0.29) is 6.54 Å². The minimum atomic E-state index is -0.884. The molecule has 0 aliphatic heterocycles. The second-order valence-electron chi connectivity index (χ2n) is 6.87. The first kappa shape index (κ1) is 20.7. The van der Waals surface area contributed by atoms with Gasteiger partial charge in [0.25, 0.3) is 5.91 Å². The molecule has 0 unspecified atom stereocenters. The molecule has 1 aromatic carbocycles. The highest BCUT2D eigenvalue weighted by Crippen LogP contribution is 2.09. The first-order valence-electron chi connectivity index (χ1n) is 8.58. The SMILES string of the molecule is CCCC[C@H](NC(=O)OC(C)(C)C)C(=O)C(=O)NCc1ccccc1. The van der Waals surface area contributed by atoms with Crippen molar-refractivity contribution in [2.24, 2.45) is 0 Å². The fourth-order valence-electron chi connectivity index (χ4n) is 2.15. The van der Waals surface area contributed by atoms with Gasteiger partial charge in [0.05, 0.1) is 0 Å². The van der Waals surface area contributed by atoms with Gasteiger partial charge >= 0.3 is 6.09 Å². The number of rotatable bonds is 8. The summed E-state index contributed by atoms with van der Waals surface area (Å²) in [6.07, 6.45) is 1.27. The highest BCUT2D eigenvalue weighted by Gasteiger charge is 2.28. The Balaban J connectivity index is 2.64. The molecule has 0 saturated heterocycles. The van der Waals surface area contributed by atoms with Gasteiger partial charge in [-0.2, -0.15) is 0 Å². The van der Waals surface area contributed by atoms with Crippen molar-refractivity contribution < 1.29 is 19.1 Å². The second kappa shape index (κ2) is 9.81. The summed E-state index contributed by atoms with van der Waals surface area (Å²) in [5.41, 5.74) is 0.228. The average Bonchev–Trinajstić information content (AvgIpc) is 2.55. The van der Waals surface area contributed by atoms with Crippen LogP contribution >= 0.6 is 0 Å². The van der Waals surface area contributed by atoms with Crippen LogP contribution in [0.3, 0.4) is 0 Å². The maximum Gasteiger partial charge on any atom is 0.408 e. The number of ether oxygens (including phenoxy) is 1. The number of benzene rings is 1. The van der Waals surface area contributed by atoms with Crippen LogP contribution in [-0.4, -0.2) is 29.4 Å². The van der Waals surface area contributed by atoms with Crippen LogP contribution in [0.5, 0.6) is 0 Å². The lowest BCUT2D eigenvalue weighted by atomic mass is 10.0. The Bertz CT molecular complexity index is 579. The molecule has 0 aromatic heterocycles. The molecule has 0 bridgehead atoms. The number of ketones is 1. The molecule has 0 spiro atoms. The summed E-state index contributed by atoms with van der Waals surface area (Å²) in [6.45, 7) is 7.45. The number of amides is 2. The molecule has 25 heavy (non-hydrogen) atoms. The van der Waals surface area contributed by atoms with E-state index >= 15 is 0 Å². The fourth-order valence-corrected chi connectivity index (χ4v) is 2.15. The van der Waals surface area contributed by atoms with Gasteiger partial charge < -0.3 is 15.4 Å². The normalized spacial score (nSPS) is 12.2.